The summed E-state index contributed by atoms with van der Waals surface area (Å²) in [5.74, 6) is 0. The fourth-order valence-corrected chi connectivity index (χ4v) is 0. The maximum Gasteiger partial charge on any atom is 2.00 e. The molecule has 0 atom stereocenters. The summed E-state index contributed by atoms with van der Waals surface area (Å²) < 4.78 is 0. The quantitative estimate of drug-likeness (QED) is 0.515. The van der Waals surface area contributed by atoms with Crippen molar-refractivity contribution in [2.24, 2.45) is 0 Å². The Morgan fingerprint density at radius 2 is 0.533 bits per heavy atom. The van der Waals surface area contributed by atoms with Crippen molar-refractivity contribution < 1.29 is 16.8 Å². The molecule has 15 heavy (non-hydrogen) atoms. The van der Waals surface area contributed by atoms with Crippen LogP contribution in [0.3, 0.4) is 0 Å². The maximum absolute atomic E-state index is 7.13. The van der Waals surface area contributed by atoms with Gasteiger partial charge in [-0.1, -0.05) is 48.9 Å². The fourth-order valence-electron chi connectivity index (χ4n) is 0. The van der Waals surface area contributed by atoms with Gasteiger partial charge in [0.25, 0.3) is 0 Å². The number of isothiocyanates is 4. The minimum Gasteiger partial charge on any atom is -0.753 e. The molecule has 87 valence electrons. The molecule has 0 fully saturated rings. The Bertz CT molecular complexity index is 159. The van der Waals surface area contributed by atoms with E-state index < -0.39 is 0 Å². The van der Waals surface area contributed by atoms with Crippen LogP contribution in [0, 0.1) is 0 Å². The van der Waals surface area contributed by atoms with Gasteiger partial charge < -0.3 is 33.9 Å². The molecule has 8 N–H and O–H groups in total. The molecule has 0 aliphatic rings. The van der Waals surface area contributed by atoms with Gasteiger partial charge in [0, 0.05) is 0 Å². The summed E-state index contributed by atoms with van der Waals surface area (Å²) in [6, 6.07) is 0. The molecule has 0 unspecified atom stereocenters. The predicted octanol–water partition coefficient (Wildman–Crippen LogP) is 3.38. The van der Waals surface area contributed by atoms with Gasteiger partial charge in [-0.15, -0.1) is 0 Å². The van der Waals surface area contributed by atoms with Crippen LogP contribution in [0.2, 0.25) is 0 Å². The van der Waals surface area contributed by atoms with E-state index in [0.717, 1.165) is 0 Å². The number of hydrogen-bond donors (Lipinski definition) is 2. The molecule has 0 aromatic rings. The van der Waals surface area contributed by atoms with E-state index in [1.54, 1.807) is 0 Å². The first-order valence-corrected chi connectivity index (χ1v) is 3.34. The monoisotopic (exact) mass is 327 g/mol. The van der Waals surface area contributed by atoms with Crippen LogP contribution in [0.1, 0.15) is 0 Å². The molecule has 0 spiro atoms. The molecule has 0 aromatic carbocycles. The van der Waals surface area contributed by atoms with E-state index in [2.05, 4.69) is 48.9 Å². The second-order valence-corrected chi connectivity index (χ2v) is 1.10. The summed E-state index contributed by atoms with van der Waals surface area (Å²) >= 11 is 14.8. The Morgan fingerprint density at radius 1 is 0.533 bits per heavy atom. The number of nitrogens with zero attached hydrogens (tertiary/aromatic N) is 4. The van der Waals surface area contributed by atoms with E-state index in [1.807, 2.05) is 0 Å². The molecular weight excluding hydrogens is 319 g/mol. The Morgan fingerprint density at radius 3 is 0.533 bits per heavy atom. The van der Waals surface area contributed by atoms with Gasteiger partial charge in [0.15, 0.2) is 0 Å². The van der Waals surface area contributed by atoms with E-state index in [-0.39, 0.29) is 29.1 Å². The van der Waals surface area contributed by atoms with Gasteiger partial charge in [-0.2, -0.15) is 20.6 Å². The van der Waals surface area contributed by atoms with Gasteiger partial charge >= 0.3 is 16.8 Å². The standard InChI is InChI=1S/4CNS.Co.2H3N/c4*2-1-3;;;/h;;;;;2*1H3/q4*-1;+2;;/p+2. The van der Waals surface area contributed by atoms with E-state index in [1.165, 1.54) is 20.6 Å². The Labute approximate surface area is 120 Å². The summed E-state index contributed by atoms with van der Waals surface area (Å²) in [4.78, 5) is 0. The Hall–Kier alpha value is -0.374. The minimum absolute atomic E-state index is 0. The zero-order valence-corrected chi connectivity index (χ0v) is 12.1. The molecule has 0 aliphatic carbocycles. The van der Waals surface area contributed by atoms with Gasteiger partial charge in [-0.3, -0.25) is 0 Å². The van der Waals surface area contributed by atoms with Crippen LogP contribution >= 0.6 is 48.9 Å². The zero-order chi connectivity index (χ0) is 10.8. The predicted molar refractivity (Wildman–Crippen MR) is 75.8 cm³/mol. The fraction of sp³-hybridized carbons (Fsp3) is 0. The normalized spacial score (nSPS) is 2.13. The van der Waals surface area contributed by atoms with Crippen LogP contribution in [-0.4, -0.2) is 20.6 Å². The molecule has 0 aromatic heterocycles. The largest absolute Gasteiger partial charge is 2.00 e. The molecule has 11 heteroatoms. The van der Waals surface area contributed by atoms with Gasteiger partial charge in [0.2, 0.25) is 0 Å². The molecule has 0 saturated carbocycles. The average molecular weight is 327 g/mol. The van der Waals surface area contributed by atoms with E-state index in [4.69, 9.17) is 21.6 Å². The van der Waals surface area contributed by atoms with Crippen LogP contribution in [0.4, 0.5) is 0 Å². The van der Waals surface area contributed by atoms with Crippen molar-refractivity contribution >= 4 is 69.5 Å². The topological polar surface area (TPSA) is 162 Å². The summed E-state index contributed by atoms with van der Waals surface area (Å²) in [5.41, 5.74) is 0. The third-order valence-corrected chi connectivity index (χ3v) is 0. The summed E-state index contributed by atoms with van der Waals surface area (Å²) in [6.07, 6.45) is 0. The second kappa shape index (κ2) is 165. The van der Waals surface area contributed by atoms with Crippen molar-refractivity contribution in [1.29, 1.82) is 0 Å². The average Bonchev–Trinajstić information content (AvgIpc) is 1.92. The van der Waals surface area contributed by atoms with Crippen molar-refractivity contribution in [1.82, 2.24) is 12.3 Å². The van der Waals surface area contributed by atoms with Crippen LogP contribution in [0.25, 0.3) is 21.6 Å². The smallest absolute Gasteiger partial charge is 0.753 e. The van der Waals surface area contributed by atoms with E-state index in [0.29, 0.717) is 0 Å². The van der Waals surface area contributed by atoms with Crippen LogP contribution in [0.15, 0.2) is 0 Å². The molecular formula is C4H8CoN6S4. The first-order valence-electron chi connectivity index (χ1n) is 1.71. The molecule has 0 amide bonds. The minimum atomic E-state index is 0. The van der Waals surface area contributed by atoms with Crippen LogP contribution in [-0.2, 0) is 16.8 Å². The van der Waals surface area contributed by atoms with Crippen LogP contribution < -0.4 is 12.3 Å². The summed E-state index contributed by atoms with van der Waals surface area (Å²) in [6.45, 7) is 0. The van der Waals surface area contributed by atoms with Crippen LogP contribution in [0.5, 0.6) is 0 Å². The Kier molecular flexibility index (Phi) is 514. The molecule has 0 heterocycles. The number of quaternary nitrogens is 2. The maximum atomic E-state index is 7.13. The van der Waals surface area contributed by atoms with Crippen molar-refractivity contribution in [2.45, 2.75) is 0 Å². The van der Waals surface area contributed by atoms with E-state index in [9.17, 15) is 0 Å². The second-order valence-electron chi connectivity index (χ2n) is 0.365. The van der Waals surface area contributed by atoms with Crippen molar-refractivity contribution in [2.75, 3.05) is 0 Å². The van der Waals surface area contributed by atoms with Crippen molar-refractivity contribution in [3.05, 3.63) is 21.6 Å². The first kappa shape index (κ1) is 46.7. The van der Waals surface area contributed by atoms with Crippen molar-refractivity contribution in [3.63, 3.8) is 0 Å². The number of rotatable bonds is 0. The summed E-state index contributed by atoms with van der Waals surface area (Å²) in [7, 11) is 0. The third-order valence-electron chi connectivity index (χ3n) is 0. The number of hydrogen-bond acceptors (Lipinski definition) is 4. The van der Waals surface area contributed by atoms with Gasteiger partial charge in [-0.05, 0) is 0 Å². The first-order chi connectivity index (χ1) is 5.66. The van der Waals surface area contributed by atoms with Crippen molar-refractivity contribution in [3.8, 4) is 0 Å². The zero-order valence-electron chi connectivity index (χ0n) is 7.76. The van der Waals surface area contributed by atoms with Gasteiger partial charge in [0.05, 0.1) is 0 Å². The Balaban J connectivity index is -0.0000000107. The molecule has 0 bridgehead atoms. The molecule has 0 rings (SSSR count). The summed E-state index contributed by atoms with van der Waals surface area (Å²) in [5, 5.41) is 33.9. The van der Waals surface area contributed by atoms with E-state index >= 15 is 0 Å². The van der Waals surface area contributed by atoms with Gasteiger partial charge in [-0.25, -0.2) is 0 Å². The molecule has 6 nitrogen and oxygen atoms in total. The molecule has 0 aliphatic heterocycles. The molecule has 0 saturated heterocycles. The molecule has 1 radical (unpaired) electrons. The van der Waals surface area contributed by atoms with Gasteiger partial charge in [0.1, 0.15) is 0 Å². The SMILES string of the molecule is [Co+2].[N-]=C=S.[N-]=C=S.[N-]=C=S.[N-]=C=S.[NH4+].[NH4+]. The third kappa shape index (κ3) is 13200. The number of thiocarbonyl (C=S) groups is 4.